The Balaban J connectivity index is 2.49. The number of halogens is 2. The molecule has 0 aliphatic rings. The third kappa shape index (κ3) is 1.97. The van der Waals surface area contributed by atoms with Crippen molar-refractivity contribution in [2.75, 3.05) is 12.8 Å². The SMILES string of the molecule is COc1ccc(-c2[nH]nc(N)c2I)cc1Cl. The van der Waals surface area contributed by atoms with Crippen molar-refractivity contribution in [1.29, 1.82) is 0 Å². The summed E-state index contributed by atoms with van der Waals surface area (Å²) in [7, 11) is 1.58. The number of ether oxygens (including phenoxy) is 1. The molecule has 0 unspecified atom stereocenters. The lowest BCUT2D eigenvalue weighted by atomic mass is 10.1. The third-order valence-electron chi connectivity index (χ3n) is 2.17. The maximum atomic E-state index is 6.05. The number of hydrogen-bond donors (Lipinski definition) is 2. The molecule has 0 aliphatic heterocycles. The van der Waals surface area contributed by atoms with E-state index in [4.69, 9.17) is 22.1 Å². The van der Waals surface area contributed by atoms with Crippen molar-refractivity contribution in [3.63, 3.8) is 0 Å². The number of methoxy groups -OCH3 is 1. The van der Waals surface area contributed by atoms with Gasteiger partial charge in [-0.25, -0.2) is 0 Å². The second-order valence-electron chi connectivity index (χ2n) is 3.15. The van der Waals surface area contributed by atoms with Crippen LogP contribution in [0.2, 0.25) is 5.02 Å². The zero-order chi connectivity index (χ0) is 11.7. The fourth-order valence-corrected chi connectivity index (χ4v) is 2.17. The average molecular weight is 350 g/mol. The first kappa shape index (κ1) is 11.5. The van der Waals surface area contributed by atoms with Crippen LogP contribution in [0.15, 0.2) is 18.2 Å². The molecule has 3 N–H and O–H groups in total. The molecule has 2 aromatic rings. The summed E-state index contributed by atoms with van der Waals surface area (Å²) in [5, 5.41) is 7.37. The van der Waals surface area contributed by atoms with Crippen LogP contribution < -0.4 is 10.5 Å². The van der Waals surface area contributed by atoms with Gasteiger partial charge in [0.2, 0.25) is 0 Å². The van der Waals surface area contributed by atoms with Crippen LogP contribution in [0.5, 0.6) is 5.75 Å². The van der Waals surface area contributed by atoms with E-state index in [-0.39, 0.29) is 0 Å². The van der Waals surface area contributed by atoms with E-state index in [1.165, 1.54) is 0 Å². The Morgan fingerprint density at radius 2 is 2.25 bits per heavy atom. The predicted molar refractivity (Wildman–Crippen MR) is 72.7 cm³/mol. The molecule has 4 nitrogen and oxygen atoms in total. The van der Waals surface area contributed by atoms with E-state index in [0.29, 0.717) is 16.6 Å². The third-order valence-corrected chi connectivity index (χ3v) is 3.56. The first-order valence-corrected chi connectivity index (χ1v) is 5.92. The van der Waals surface area contributed by atoms with Crippen molar-refractivity contribution >= 4 is 40.0 Å². The molecule has 0 fully saturated rings. The molecule has 0 saturated carbocycles. The lowest BCUT2D eigenvalue weighted by molar-refractivity contribution is 0.415. The van der Waals surface area contributed by atoms with Gasteiger partial charge >= 0.3 is 0 Å². The average Bonchev–Trinajstić information content (AvgIpc) is 2.60. The van der Waals surface area contributed by atoms with Crippen molar-refractivity contribution in [2.24, 2.45) is 0 Å². The predicted octanol–water partition coefficient (Wildman–Crippen LogP) is 2.93. The number of aromatic nitrogens is 2. The van der Waals surface area contributed by atoms with Crippen LogP contribution >= 0.6 is 34.2 Å². The van der Waals surface area contributed by atoms with E-state index in [1.807, 2.05) is 18.2 Å². The van der Waals surface area contributed by atoms with E-state index in [2.05, 4.69) is 32.8 Å². The summed E-state index contributed by atoms with van der Waals surface area (Å²) in [6.07, 6.45) is 0. The Morgan fingerprint density at radius 3 is 2.75 bits per heavy atom. The highest BCUT2D eigenvalue weighted by atomic mass is 127. The van der Waals surface area contributed by atoms with Crippen molar-refractivity contribution in [3.8, 4) is 17.0 Å². The number of nitrogens with zero attached hydrogens (tertiary/aromatic N) is 1. The van der Waals surface area contributed by atoms with Crippen molar-refractivity contribution < 1.29 is 4.74 Å². The summed E-state index contributed by atoms with van der Waals surface area (Å²) in [5.41, 5.74) is 7.46. The highest BCUT2D eigenvalue weighted by Crippen LogP contribution is 2.32. The van der Waals surface area contributed by atoms with Crippen molar-refractivity contribution in [3.05, 3.63) is 26.8 Å². The Labute approximate surface area is 111 Å². The number of anilines is 1. The van der Waals surface area contributed by atoms with E-state index < -0.39 is 0 Å². The first-order chi connectivity index (χ1) is 7.63. The van der Waals surface area contributed by atoms with E-state index in [9.17, 15) is 0 Å². The Bertz CT molecular complexity index is 527. The summed E-state index contributed by atoms with van der Waals surface area (Å²) in [4.78, 5) is 0. The molecule has 0 amide bonds. The number of hydrogen-bond acceptors (Lipinski definition) is 3. The number of nitrogens with two attached hydrogens (primary N) is 1. The maximum absolute atomic E-state index is 6.05. The largest absolute Gasteiger partial charge is 0.495 e. The summed E-state index contributed by atoms with van der Waals surface area (Å²) < 4.78 is 5.97. The minimum Gasteiger partial charge on any atom is -0.495 e. The van der Waals surface area contributed by atoms with Crippen LogP contribution in [0.3, 0.4) is 0 Å². The summed E-state index contributed by atoms with van der Waals surface area (Å²) >= 11 is 8.19. The highest BCUT2D eigenvalue weighted by Gasteiger charge is 2.11. The molecule has 0 aliphatic carbocycles. The fourth-order valence-electron chi connectivity index (χ4n) is 1.36. The standard InChI is InChI=1S/C10H9ClIN3O/c1-16-7-3-2-5(4-6(7)11)9-8(12)10(13)15-14-9/h2-4H,1H3,(H3,13,14,15). The van der Waals surface area contributed by atoms with Crippen LogP contribution in [-0.2, 0) is 0 Å². The molecule has 84 valence electrons. The number of aromatic amines is 1. The Morgan fingerprint density at radius 1 is 1.50 bits per heavy atom. The molecule has 16 heavy (non-hydrogen) atoms. The number of nitrogens with one attached hydrogen (secondary N) is 1. The molecule has 2 rings (SSSR count). The van der Waals surface area contributed by atoms with Gasteiger partial charge in [0.1, 0.15) is 5.75 Å². The molecule has 0 atom stereocenters. The lowest BCUT2D eigenvalue weighted by Crippen LogP contribution is -1.87. The van der Waals surface area contributed by atoms with Gasteiger partial charge in [-0.1, -0.05) is 11.6 Å². The minimum atomic E-state index is 0.488. The van der Waals surface area contributed by atoms with Gasteiger partial charge in [0.05, 0.1) is 21.4 Å². The molecular weight excluding hydrogens is 340 g/mol. The molecule has 0 radical (unpaired) electrons. The Hall–Kier alpha value is -0.950. The van der Waals surface area contributed by atoms with Gasteiger partial charge in [-0.15, -0.1) is 0 Å². The number of nitrogen functional groups attached to an aromatic ring is 1. The maximum Gasteiger partial charge on any atom is 0.159 e. The minimum absolute atomic E-state index is 0.488. The first-order valence-electron chi connectivity index (χ1n) is 4.46. The summed E-state index contributed by atoms with van der Waals surface area (Å²) in [6.45, 7) is 0. The fraction of sp³-hybridized carbons (Fsp3) is 0.100. The molecule has 0 bridgehead atoms. The van der Waals surface area contributed by atoms with E-state index in [1.54, 1.807) is 7.11 Å². The molecule has 1 heterocycles. The van der Waals surface area contributed by atoms with Gasteiger partial charge in [-0.3, -0.25) is 5.10 Å². The summed E-state index contributed by atoms with van der Waals surface area (Å²) in [5.74, 6) is 1.13. The molecular formula is C10H9ClIN3O. The second-order valence-corrected chi connectivity index (χ2v) is 4.63. The molecule has 0 spiro atoms. The van der Waals surface area contributed by atoms with Gasteiger partial charge in [0, 0.05) is 5.56 Å². The number of benzene rings is 1. The quantitative estimate of drug-likeness (QED) is 0.820. The van der Waals surface area contributed by atoms with Gasteiger partial charge in [-0.2, -0.15) is 5.10 Å². The smallest absolute Gasteiger partial charge is 0.159 e. The van der Waals surface area contributed by atoms with Crippen LogP contribution in [-0.4, -0.2) is 17.3 Å². The van der Waals surface area contributed by atoms with Gasteiger partial charge in [0.15, 0.2) is 5.82 Å². The van der Waals surface area contributed by atoms with E-state index in [0.717, 1.165) is 14.8 Å². The second kappa shape index (κ2) is 4.50. The Kier molecular flexibility index (Phi) is 3.25. The van der Waals surface area contributed by atoms with Gasteiger partial charge in [-0.05, 0) is 40.8 Å². The molecule has 1 aromatic heterocycles. The molecule has 1 aromatic carbocycles. The van der Waals surface area contributed by atoms with Crippen LogP contribution in [0.25, 0.3) is 11.3 Å². The van der Waals surface area contributed by atoms with E-state index >= 15 is 0 Å². The number of H-pyrrole nitrogens is 1. The normalized spacial score (nSPS) is 10.4. The monoisotopic (exact) mass is 349 g/mol. The van der Waals surface area contributed by atoms with Gasteiger partial charge in [0.25, 0.3) is 0 Å². The van der Waals surface area contributed by atoms with Crippen molar-refractivity contribution in [2.45, 2.75) is 0 Å². The number of rotatable bonds is 2. The van der Waals surface area contributed by atoms with Gasteiger partial charge < -0.3 is 10.5 Å². The highest BCUT2D eigenvalue weighted by molar-refractivity contribution is 14.1. The zero-order valence-electron chi connectivity index (χ0n) is 8.42. The van der Waals surface area contributed by atoms with Crippen LogP contribution in [0.4, 0.5) is 5.82 Å². The van der Waals surface area contributed by atoms with Crippen molar-refractivity contribution in [1.82, 2.24) is 10.2 Å². The lowest BCUT2D eigenvalue weighted by Gasteiger charge is -2.04. The van der Waals surface area contributed by atoms with Crippen LogP contribution in [0.1, 0.15) is 0 Å². The molecule has 0 saturated heterocycles. The van der Waals surface area contributed by atoms with Crippen LogP contribution in [0, 0.1) is 3.57 Å². The molecule has 6 heteroatoms. The zero-order valence-corrected chi connectivity index (χ0v) is 11.3. The topological polar surface area (TPSA) is 63.9 Å². The summed E-state index contributed by atoms with van der Waals surface area (Å²) in [6, 6.07) is 5.53.